The third-order valence-electron chi connectivity index (χ3n) is 2.48. The van der Waals surface area contributed by atoms with Crippen molar-refractivity contribution in [3.05, 3.63) is 42.2 Å². The maximum absolute atomic E-state index is 10.7. The van der Waals surface area contributed by atoms with Crippen molar-refractivity contribution in [2.75, 3.05) is 6.61 Å². The molecule has 1 N–H and O–H groups in total. The van der Waals surface area contributed by atoms with Crippen molar-refractivity contribution in [1.82, 2.24) is 14.5 Å². The fourth-order valence-electron chi connectivity index (χ4n) is 1.51. The van der Waals surface area contributed by atoms with E-state index in [-0.39, 0.29) is 5.56 Å². The second kappa shape index (κ2) is 5.31. The van der Waals surface area contributed by atoms with E-state index in [9.17, 15) is 4.79 Å². The first-order chi connectivity index (χ1) is 8.66. The normalized spacial score (nSPS) is 10.3. The van der Waals surface area contributed by atoms with Crippen LogP contribution in [0, 0.1) is 0 Å². The van der Waals surface area contributed by atoms with Crippen LogP contribution in [0.5, 0.6) is 5.75 Å². The monoisotopic (exact) mass is 247 g/mol. The Kier molecular flexibility index (Phi) is 3.57. The van der Waals surface area contributed by atoms with Crippen LogP contribution in [0.15, 0.2) is 30.9 Å². The van der Waals surface area contributed by atoms with Crippen molar-refractivity contribution in [2.24, 2.45) is 7.05 Å². The highest BCUT2D eigenvalue weighted by Crippen LogP contribution is 2.11. The molecule has 6 heteroatoms. The SMILES string of the molecule is Cn1ccnc1CCOc1cncc(C(=O)O)c1. The number of nitrogens with zero attached hydrogens (tertiary/aromatic N) is 3. The summed E-state index contributed by atoms with van der Waals surface area (Å²) in [5, 5.41) is 8.81. The molecule has 0 saturated carbocycles. The van der Waals surface area contributed by atoms with Crippen LogP contribution < -0.4 is 4.74 Å². The molecule has 0 bridgehead atoms. The number of aromatic nitrogens is 3. The number of aryl methyl sites for hydroxylation is 1. The summed E-state index contributed by atoms with van der Waals surface area (Å²) in [6.45, 7) is 0.426. The number of aromatic carboxylic acids is 1. The highest BCUT2D eigenvalue weighted by atomic mass is 16.5. The molecular weight excluding hydrogens is 234 g/mol. The van der Waals surface area contributed by atoms with Gasteiger partial charge in [0.05, 0.1) is 18.4 Å². The molecule has 18 heavy (non-hydrogen) atoms. The number of hydrogen-bond donors (Lipinski definition) is 1. The Labute approximate surface area is 104 Å². The van der Waals surface area contributed by atoms with Gasteiger partial charge in [0.2, 0.25) is 0 Å². The molecule has 2 rings (SSSR count). The lowest BCUT2D eigenvalue weighted by molar-refractivity contribution is 0.0696. The van der Waals surface area contributed by atoms with E-state index in [0.717, 1.165) is 5.82 Å². The molecule has 2 aromatic heterocycles. The summed E-state index contributed by atoms with van der Waals surface area (Å²) in [5.74, 6) is 0.346. The van der Waals surface area contributed by atoms with Gasteiger partial charge in [-0.05, 0) is 6.07 Å². The first-order valence-corrected chi connectivity index (χ1v) is 5.44. The van der Waals surface area contributed by atoms with Gasteiger partial charge in [-0.1, -0.05) is 0 Å². The van der Waals surface area contributed by atoms with E-state index < -0.39 is 5.97 Å². The maximum atomic E-state index is 10.7. The van der Waals surface area contributed by atoms with Crippen molar-refractivity contribution >= 4 is 5.97 Å². The Bertz CT molecular complexity index is 551. The van der Waals surface area contributed by atoms with Gasteiger partial charge in [0.1, 0.15) is 11.6 Å². The van der Waals surface area contributed by atoms with Crippen molar-refractivity contribution in [3.63, 3.8) is 0 Å². The molecule has 0 radical (unpaired) electrons. The van der Waals surface area contributed by atoms with Gasteiger partial charge < -0.3 is 14.4 Å². The lowest BCUT2D eigenvalue weighted by Gasteiger charge is -2.06. The van der Waals surface area contributed by atoms with E-state index in [1.807, 2.05) is 17.8 Å². The number of carbonyl (C=O) groups is 1. The molecule has 0 aliphatic carbocycles. The molecule has 0 aromatic carbocycles. The molecular formula is C12H13N3O3. The molecule has 0 fully saturated rings. The van der Waals surface area contributed by atoms with Gasteiger partial charge in [-0.2, -0.15) is 0 Å². The van der Waals surface area contributed by atoms with Gasteiger partial charge in [-0.25, -0.2) is 9.78 Å². The molecule has 2 aromatic rings. The molecule has 0 saturated heterocycles. The predicted octanol–water partition coefficient (Wildman–Crippen LogP) is 1.13. The zero-order valence-electron chi connectivity index (χ0n) is 9.91. The van der Waals surface area contributed by atoms with Gasteiger partial charge in [0.25, 0.3) is 0 Å². The lowest BCUT2D eigenvalue weighted by atomic mass is 10.3. The van der Waals surface area contributed by atoms with E-state index in [1.54, 1.807) is 6.20 Å². The molecule has 6 nitrogen and oxygen atoms in total. The zero-order valence-corrected chi connectivity index (χ0v) is 9.91. The third kappa shape index (κ3) is 2.85. The molecule has 0 aliphatic heterocycles. The molecule has 0 amide bonds. The molecule has 94 valence electrons. The van der Waals surface area contributed by atoms with E-state index in [1.165, 1.54) is 18.5 Å². The van der Waals surface area contributed by atoms with Crippen molar-refractivity contribution < 1.29 is 14.6 Å². The summed E-state index contributed by atoms with van der Waals surface area (Å²) in [6, 6.07) is 1.45. The van der Waals surface area contributed by atoms with Gasteiger partial charge in [-0.15, -0.1) is 0 Å². The maximum Gasteiger partial charge on any atom is 0.337 e. The molecule has 0 atom stereocenters. The fraction of sp³-hybridized carbons (Fsp3) is 0.250. The summed E-state index contributed by atoms with van der Waals surface area (Å²) >= 11 is 0. The summed E-state index contributed by atoms with van der Waals surface area (Å²) in [5.41, 5.74) is 0.115. The van der Waals surface area contributed by atoms with E-state index in [2.05, 4.69) is 9.97 Å². The summed E-state index contributed by atoms with van der Waals surface area (Å²) in [7, 11) is 1.91. The average Bonchev–Trinajstić information content (AvgIpc) is 2.76. The smallest absolute Gasteiger partial charge is 0.337 e. The third-order valence-corrected chi connectivity index (χ3v) is 2.48. The average molecular weight is 247 g/mol. The second-order valence-electron chi connectivity index (χ2n) is 3.77. The van der Waals surface area contributed by atoms with Gasteiger partial charge in [-0.3, -0.25) is 4.98 Å². The van der Waals surface area contributed by atoms with Gasteiger partial charge >= 0.3 is 5.97 Å². The Morgan fingerprint density at radius 2 is 2.33 bits per heavy atom. The van der Waals surface area contributed by atoms with Crippen LogP contribution >= 0.6 is 0 Å². The number of pyridine rings is 1. The van der Waals surface area contributed by atoms with E-state index >= 15 is 0 Å². The highest BCUT2D eigenvalue weighted by Gasteiger charge is 2.05. The Hall–Kier alpha value is -2.37. The summed E-state index contributed by atoms with van der Waals surface area (Å²) in [4.78, 5) is 18.7. The minimum atomic E-state index is -1.02. The van der Waals surface area contributed by atoms with Gasteiger partial charge in [0, 0.05) is 32.1 Å². The van der Waals surface area contributed by atoms with Crippen LogP contribution in [0.3, 0.4) is 0 Å². The Morgan fingerprint density at radius 1 is 1.50 bits per heavy atom. The number of imidazole rings is 1. The first kappa shape index (κ1) is 12.1. The van der Waals surface area contributed by atoms with E-state index in [0.29, 0.717) is 18.8 Å². The molecule has 0 spiro atoms. The highest BCUT2D eigenvalue weighted by molar-refractivity contribution is 5.87. The van der Waals surface area contributed by atoms with Crippen LogP contribution in [0.2, 0.25) is 0 Å². The van der Waals surface area contributed by atoms with Gasteiger partial charge in [0.15, 0.2) is 0 Å². The number of ether oxygens (including phenoxy) is 1. The standard InChI is InChI=1S/C12H13N3O3/c1-15-4-3-14-11(15)2-5-18-10-6-9(12(16)17)7-13-8-10/h3-4,6-8H,2,5H2,1H3,(H,16,17). The number of carboxylic acids is 1. The van der Waals surface area contributed by atoms with Crippen LogP contribution in [-0.4, -0.2) is 32.2 Å². The fourth-order valence-corrected chi connectivity index (χ4v) is 1.51. The largest absolute Gasteiger partial charge is 0.491 e. The van der Waals surface area contributed by atoms with Crippen LogP contribution in [0.25, 0.3) is 0 Å². The minimum Gasteiger partial charge on any atom is -0.491 e. The van der Waals surface area contributed by atoms with Crippen LogP contribution in [0.4, 0.5) is 0 Å². The van der Waals surface area contributed by atoms with Crippen molar-refractivity contribution in [3.8, 4) is 5.75 Å². The van der Waals surface area contributed by atoms with E-state index in [4.69, 9.17) is 9.84 Å². The topological polar surface area (TPSA) is 77.2 Å². The molecule has 0 aliphatic rings. The summed E-state index contributed by atoms with van der Waals surface area (Å²) < 4.78 is 7.36. The number of carboxylic acid groups (broad SMARTS) is 1. The quantitative estimate of drug-likeness (QED) is 0.857. The first-order valence-electron chi connectivity index (χ1n) is 5.44. The molecule has 2 heterocycles. The number of hydrogen-bond acceptors (Lipinski definition) is 4. The minimum absolute atomic E-state index is 0.115. The Balaban J connectivity index is 1.92. The Morgan fingerprint density at radius 3 is 3.00 bits per heavy atom. The number of rotatable bonds is 5. The van der Waals surface area contributed by atoms with Crippen molar-refractivity contribution in [2.45, 2.75) is 6.42 Å². The second-order valence-corrected chi connectivity index (χ2v) is 3.77. The molecule has 0 unspecified atom stereocenters. The summed E-state index contributed by atoms with van der Waals surface area (Å²) in [6.07, 6.45) is 7.02. The zero-order chi connectivity index (χ0) is 13.0. The van der Waals surface area contributed by atoms with Crippen molar-refractivity contribution in [1.29, 1.82) is 0 Å². The lowest BCUT2D eigenvalue weighted by Crippen LogP contribution is -2.07. The van der Waals surface area contributed by atoms with Crippen LogP contribution in [-0.2, 0) is 13.5 Å². The predicted molar refractivity (Wildman–Crippen MR) is 63.6 cm³/mol. The van der Waals surface area contributed by atoms with Crippen LogP contribution in [0.1, 0.15) is 16.2 Å².